The molecule has 0 amide bonds. The minimum atomic E-state index is -0.173. The van der Waals surface area contributed by atoms with Gasteiger partial charge in [-0.2, -0.15) is 9.90 Å². The van der Waals surface area contributed by atoms with Crippen molar-refractivity contribution in [1.29, 1.82) is 0 Å². The number of nitrogens with zero attached hydrogens (tertiary/aromatic N) is 6. The molecular formula is C26H23N7O. The van der Waals surface area contributed by atoms with E-state index in [4.69, 9.17) is 0 Å². The summed E-state index contributed by atoms with van der Waals surface area (Å²) in [5.41, 5.74) is 4.51. The van der Waals surface area contributed by atoms with Gasteiger partial charge in [-0.15, -0.1) is 15.3 Å². The van der Waals surface area contributed by atoms with E-state index in [1.807, 2.05) is 91.0 Å². The number of benzene rings is 3. The van der Waals surface area contributed by atoms with Crippen LogP contribution in [-0.2, 0) is 6.54 Å². The van der Waals surface area contributed by atoms with Gasteiger partial charge in [-0.3, -0.25) is 4.57 Å². The van der Waals surface area contributed by atoms with Crippen molar-refractivity contribution >= 4 is 6.08 Å². The molecule has 0 unspecified atom stereocenters. The number of aromatic nitrogens is 7. The van der Waals surface area contributed by atoms with E-state index in [1.54, 1.807) is 4.57 Å². The molecule has 34 heavy (non-hydrogen) atoms. The first-order valence-corrected chi connectivity index (χ1v) is 11.1. The monoisotopic (exact) mass is 449 g/mol. The van der Waals surface area contributed by atoms with Crippen molar-refractivity contribution in [2.45, 2.75) is 19.9 Å². The summed E-state index contributed by atoms with van der Waals surface area (Å²) >= 11 is 0. The third-order valence-electron chi connectivity index (χ3n) is 5.51. The Balaban J connectivity index is 1.48. The maximum Gasteiger partial charge on any atom is 0.351 e. The number of nitrogens with one attached hydrogen (secondary N) is 1. The fourth-order valence-corrected chi connectivity index (χ4v) is 3.82. The lowest BCUT2D eigenvalue weighted by molar-refractivity contribution is 0.734. The fraction of sp³-hybridized carbons (Fsp3) is 0.115. The second-order valence-electron chi connectivity index (χ2n) is 7.76. The molecule has 2 aromatic heterocycles. The second kappa shape index (κ2) is 9.50. The number of allylic oxidation sites excluding steroid dienone is 1. The van der Waals surface area contributed by atoms with E-state index in [-0.39, 0.29) is 5.69 Å². The van der Waals surface area contributed by atoms with Gasteiger partial charge in [0.1, 0.15) is 0 Å². The summed E-state index contributed by atoms with van der Waals surface area (Å²) in [5, 5.41) is 19.0. The largest absolute Gasteiger partial charge is 0.351 e. The van der Waals surface area contributed by atoms with Crippen LogP contribution < -0.4 is 5.69 Å². The number of para-hydroxylation sites is 1. The van der Waals surface area contributed by atoms with Gasteiger partial charge in [-0.25, -0.2) is 4.79 Å². The summed E-state index contributed by atoms with van der Waals surface area (Å²) in [6.45, 7) is 2.47. The Morgan fingerprint density at radius 1 is 0.912 bits per heavy atom. The highest BCUT2D eigenvalue weighted by atomic mass is 16.2. The smallest absolute Gasteiger partial charge is 0.271 e. The van der Waals surface area contributed by atoms with Crippen LogP contribution in [-0.4, -0.2) is 35.0 Å². The van der Waals surface area contributed by atoms with Crippen molar-refractivity contribution in [3.8, 4) is 28.2 Å². The lowest BCUT2D eigenvalue weighted by Gasteiger charge is -2.09. The summed E-state index contributed by atoms with van der Waals surface area (Å²) < 4.78 is 3.15. The van der Waals surface area contributed by atoms with Crippen LogP contribution >= 0.6 is 0 Å². The van der Waals surface area contributed by atoms with Gasteiger partial charge >= 0.3 is 5.69 Å². The fourth-order valence-electron chi connectivity index (χ4n) is 3.82. The molecule has 0 fully saturated rings. The maximum absolute atomic E-state index is 13.2. The number of rotatable bonds is 7. The summed E-state index contributed by atoms with van der Waals surface area (Å²) in [4.78, 5) is 13.2. The molecule has 3 aromatic carbocycles. The molecule has 0 aliphatic rings. The zero-order chi connectivity index (χ0) is 23.3. The second-order valence-corrected chi connectivity index (χ2v) is 7.76. The molecule has 5 rings (SSSR count). The van der Waals surface area contributed by atoms with Gasteiger partial charge in [-0.1, -0.05) is 79.7 Å². The zero-order valence-corrected chi connectivity index (χ0v) is 18.7. The normalized spacial score (nSPS) is 11.3. The van der Waals surface area contributed by atoms with Crippen molar-refractivity contribution in [1.82, 2.24) is 35.0 Å². The van der Waals surface area contributed by atoms with Crippen LogP contribution in [0.1, 0.15) is 24.7 Å². The highest BCUT2D eigenvalue weighted by Crippen LogP contribution is 2.29. The minimum Gasteiger partial charge on any atom is -0.271 e. The van der Waals surface area contributed by atoms with Gasteiger partial charge in [0.25, 0.3) is 0 Å². The first-order valence-electron chi connectivity index (χ1n) is 11.1. The van der Waals surface area contributed by atoms with Crippen LogP contribution in [0, 0.1) is 0 Å². The third kappa shape index (κ3) is 4.21. The van der Waals surface area contributed by atoms with Gasteiger partial charge in [0.15, 0.2) is 5.82 Å². The van der Waals surface area contributed by atoms with Crippen molar-refractivity contribution in [3.63, 3.8) is 0 Å². The van der Waals surface area contributed by atoms with Crippen molar-refractivity contribution in [2.24, 2.45) is 0 Å². The van der Waals surface area contributed by atoms with Crippen LogP contribution in [0.4, 0.5) is 0 Å². The quantitative estimate of drug-likeness (QED) is 0.399. The molecule has 0 saturated carbocycles. The molecule has 168 valence electrons. The Morgan fingerprint density at radius 2 is 1.65 bits per heavy atom. The van der Waals surface area contributed by atoms with E-state index in [1.165, 1.54) is 4.68 Å². The maximum atomic E-state index is 13.2. The molecule has 0 radical (unpaired) electrons. The molecule has 8 nitrogen and oxygen atoms in total. The Morgan fingerprint density at radius 3 is 2.35 bits per heavy atom. The lowest BCUT2D eigenvalue weighted by atomic mass is 9.98. The van der Waals surface area contributed by atoms with Crippen LogP contribution in [0.15, 0.2) is 89.7 Å². The number of tetrazole rings is 1. The van der Waals surface area contributed by atoms with Gasteiger partial charge < -0.3 is 0 Å². The van der Waals surface area contributed by atoms with Gasteiger partial charge in [0.05, 0.1) is 12.2 Å². The first-order chi connectivity index (χ1) is 16.7. The first kappa shape index (κ1) is 21.3. The standard InChI is InChI=1S/C26H23N7O/c1-2-3-13-24-29-33(21-9-5-4-6-10-21)26(34)32(24)18-19-14-16-20(17-15-19)22-11-7-8-12-23(22)25-27-30-31-28-25/h3-17H,2,18H2,1H3,(H,27,28,30,31). The van der Waals surface area contributed by atoms with E-state index in [0.29, 0.717) is 18.2 Å². The Hall–Kier alpha value is -4.59. The molecule has 0 atom stereocenters. The van der Waals surface area contributed by atoms with E-state index in [9.17, 15) is 4.79 Å². The highest BCUT2D eigenvalue weighted by Gasteiger charge is 2.14. The van der Waals surface area contributed by atoms with E-state index >= 15 is 0 Å². The van der Waals surface area contributed by atoms with Crippen LogP contribution in [0.3, 0.4) is 0 Å². The molecule has 8 heteroatoms. The molecule has 2 heterocycles. The van der Waals surface area contributed by atoms with E-state index in [0.717, 1.165) is 34.4 Å². The average Bonchev–Trinajstić information content (AvgIpc) is 3.53. The third-order valence-corrected chi connectivity index (χ3v) is 5.51. The van der Waals surface area contributed by atoms with Crippen molar-refractivity contribution < 1.29 is 0 Å². The van der Waals surface area contributed by atoms with Crippen molar-refractivity contribution in [3.05, 3.63) is 107 Å². The van der Waals surface area contributed by atoms with Gasteiger partial charge in [0.2, 0.25) is 5.82 Å². The molecule has 0 spiro atoms. The molecule has 5 aromatic rings. The highest BCUT2D eigenvalue weighted by molar-refractivity contribution is 5.80. The van der Waals surface area contributed by atoms with E-state index in [2.05, 4.69) is 32.6 Å². The van der Waals surface area contributed by atoms with Crippen LogP contribution in [0.5, 0.6) is 0 Å². The number of hydrogen-bond acceptors (Lipinski definition) is 5. The lowest BCUT2D eigenvalue weighted by Crippen LogP contribution is -2.24. The van der Waals surface area contributed by atoms with Crippen LogP contribution in [0.25, 0.3) is 34.3 Å². The average molecular weight is 450 g/mol. The summed E-state index contributed by atoms with van der Waals surface area (Å²) in [6, 6.07) is 25.5. The van der Waals surface area contributed by atoms with Crippen molar-refractivity contribution in [2.75, 3.05) is 0 Å². The molecule has 0 aliphatic heterocycles. The summed E-state index contributed by atoms with van der Waals surface area (Å²) in [5.74, 6) is 1.18. The predicted octanol–water partition coefficient (Wildman–Crippen LogP) is 4.35. The number of aromatic amines is 1. The van der Waals surface area contributed by atoms with Crippen LogP contribution in [0.2, 0.25) is 0 Å². The van der Waals surface area contributed by atoms with Gasteiger partial charge in [0, 0.05) is 5.56 Å². The Labute approximate surface area is 196 Å². The molecular weight excluding hydrogens is 426 g/mol. The molecule has 0 bridgehead atoms. The zero-order valence-electron chi connectivity index (χ0n) is 18.7. The predicted molar refractivity (Wildman–Crippen MR) is 131 cm³/mol. The minimum absolute atomic E-state index is 0.173. The van der Waals surface area contributed by atoms with E-state index < -0.39 is 0 Å². The molecule has 1 N–H and O–H groups in total. The number of hydrogen-bond donors (Lipinski definition) is 1. The summed E-state index contributed by atoms with van der Waals surface area (Å²) in [6.07, 6.45) is 4.77. The SMILES string of the molecule is CCC=Cc1nn(-c2ccccc2)c(=O)n1Cc1ccc(-c2ccccc2-c2nn[nH]n2)cc1. The number of H-pyrrole nitrogens is 1. The Bertz CT molecular complexity index is 1460. The Kier molecular flexibility index (Phi) is 5.94. The summed E-state index contributed by atoms with van der Waals surface area (Å²) in [7, 11) is 0. The molecule has 0 saturated heterocycles. The topological polar surface area (TPSA) is 94.3 Å². The van der Waals surface area contributed by atoms with Gasteiger partial charge in [-0.05, 0) is 46.5 Å². The molecule has 0 aliphatic carbocycles.